The second kappa shape index (κ2) is 4.55. The smallest absolute Gasteiger partial charge is 0.257 e. The van der Waals surface area contributed by atoms with Gasteiger partial charge in [0.15, 0.2) is 0 Å². The molecule has 0 aliphatic carbocycles. The lowest BCUT2D eigenvalue weighted by atomic mass is 10.1. The minimum Gasteiger partial charge on any atom is -0.257 e. The highest BCUT2D eigenvalue weighted by Gasteiger charge is 2.19. The summed E-state index contributed by atoms with van der Waals surface area (Å²) in [5.41, 5.74) is 0.612. The van der Waals surface area contributed by atoms with Crippen molar-refractivity contribution in [3.05, 3.63) is 42.5 Å². The normalized spacial score (nSPS) is 11.6. The fourth-order valence-corrected chi connectivity index (χ4v) is 3.09. The van der Waals surface area contributed by atoms with Crippen molar-refractivity contribution < 1.29 is 8.42 Å². The first-order chi connectivity index (χ1) is 8.04. The molecule has 0 unspecified atom stereocenters. The lowest BCUT2D eigenvalue weighted by Crippen LogP contribution is -2.26. The van der Waals surface area contributed by atoms with Crippen molar-refractivity contribution in [1.82, 2.24) is 0 Å². The molecule has 90 valence electrons. The number of halogens is 1. The Bertz CT molecular complexity index is 635. The van der Waals surface area contributed by atoms with E-state index in [4.69, 9.17) is 10.7 Å². The molecule has 3 nitrogen and oxygen atoms in total. The molecule has 2 aromatic rings. The number of benzene rings is 2. The van der Waals surface area contributed by atoms with E-state index in [1.165, 1.54) is 4.31 Å². The fraction of sp³-hybridized carbons (Fsp3) is 0.167. The number of nitrogens with zero attached hydrogens (tertiary/aromatic N) is 1. The summed E-state index contributed by atoms with van der Waals surface area (Å²) in [7, 11) is 1.68. The van der Waals surface area contributed by atoms with Crippen LogP contribution in [0.5, 0.6) is 0 Å². The van der Waals surface area contributed by atoms with E-state index in [0.29, 0.717) is 12.2 Å². The van der Waals surface area contributed by atoms with Gasteiger partial charge in [-0.05, 0) is 18.4 Å². The largest absolute Gasteiger partial charge is 0.321 e. The summed E-state index contributed by atoms with van der Waals surface area (Å²) in [4.78, 5) is 0. The fourth-order valence-electron chi connectivity index (χ4n) is 1.87. The molecule has 0 aliphatic heterocycles. The van der Waals surface area contributed by atoms with Crippen LogP contribution < -0.4 is 4.31 Å². The van der Waals surface area contributed by atoms with E-state index in [2.05, 4.69) is 0 Å². The SMILES string of the molecule is CCN(c1cccc2ccccc12)S(=O)(=O)Cl. The molecule has 2 rings (SSSR count). The predicted octanol–water partition coefficient (Wildman–Crippen LogP) is 3.15. The van der Waals surface area contributed by atoms with Gasteiger partial charge in [-0.2, -0.15) is 8.42 Å². The van der Waals surface area contributed by atoms with Crippen LogP contribution in [-0.2, 0) is 9.24 Å². The molecule has 0 heterocycles. The Morgan fingerprint density at radius 1 is 1.12 bits per heavy atom. The van der Waals surface area contributed by atoms with Gasteiger partial charge in [-0.15, -0.1) is 0 Å². The maximum atomic E-state index is 11.5. The molecule has 0 fully saturated rings. The van der Waals surface area contributed by atoms with Crippen LogP contribution in [-0.4, -0.2) is 15.0 Å². The molecule has 0 saturated heterocycles. The molecule has 0 N–H and O–H groups in total. The van der Waals surface area contributed by atoms with Crippen LogP contribution in [0.15, 0.2) is 42.5 Å². The van der Waals surface area contributed by atoms with Gasteiger partial charge in [-0.1, -0.05) is 36.4 Å². The van der Waals surface area contributed by atoms with Crippen LogP contribution in [0, 0.1) is 0 Å². The average molecular weight is 270 g/mol. The first-order valence-corrected chi connectivity index (χ1v) is 7.50. The molecule has 0 bridgehead atoms. The minimum absolute atomic E-state index is 0.305. The monoisotopic (exact) mass is 269 g/mol. The van der Waals surface area contributed by atoms with Crippen molar-refractivity contribution in [3.63, 3.8) is 0 Å². The third kappa shape index (κ3) is 2.37. The van der Waals surface area contributed by atoms with Gasteiger partial charge < -0.3 is 0 Å². The maximum Gasteiger partial charge on any atom is 0.321 e. The summed E-state index contributed by atoms with van der Waals surface area (Å²) in [6, 6.07) is 13.1. The second-order valence-electron chi connectivity index (χ2n) is 3.61. The molecule has 0 saturated carbocycles. The summed E-state index contributed by atoms with van der Waals surface area (Å²) >= 11 is 0. The van der Waals surface area contributed by atoms with Gasteiger partial charge in [0, 0.05) is 22.6 Å². The van der Waals surface area contributed by atoms with Gasteiger partial charge in [-0.25, -0.2) is 0 Å². The first kappa shape index (κ1) is 12.2. The van der Waals surface area contributed by atoms with E-state index in [1.54, 1.807) is 13.0 Å². The molecule has 0 atom stereocenters. The third-order valence-corrected chi connectivity index (χ3v) is 4.07. The highest BCUT2D eigenvalue weighted by atomic mass is 35.7. The zero-order valence-electron chi connectivity index (χ0n) is 9.30. The Balaban J connectivity index is 2.70. The van der Waals surface area contributed by atoms with Crippen molar-refractivity contribution >= 4 is 36.4 Å². The first-order valence-electron chi connectivity index (χ1n) is 5.24. The zero-order chi connectivity index (χ0) is 12.5. The number of anilines is 1. The topological polar surface area (TPSA) is 37.4 Å². The van der Waals surface area contributed by atoms with Gasteiger partial charge in [0.1, 0.15) is 0 Å². The zero-order valence-corrected chi connectivity index (χ0v) is 10.9. The molecule has 2 aromatic carbocycles. The van der Waals surface area contributed by atoms with Crippen LogP contribution in [0.1, 0.15) is 6.92 Å². The van der Waals surface area contributed by atoms with Gasteiger partial charge in [0.2, 0.25) is 0 Å². The van der Waals surface area contributed by atoms with Gasteiger partial charge in [0.25, 0.3) is 0 Å². The van der Waals surface area contributed by atoms with Crippen molar-refractivity contribution in [2.24, 2.45) is 0 Å². The standard InChI is InChI=1S/C12H12ClNO2S/c1-2-14(17(13,15)16)12-9-5-7-10-6-3-4-8-11(10)12/h3-9H,2H2,1H3. The lowest BCUT2D eigenvalue weighted by molar-refractivity contribution is 0.606. The predicted molar refractivity (Wildman–Crippen MR) is 71.7 cm³/mol. The number of rotatable bonds is 3. The summed E-state index contributed by atoms with van der Waals surface area (Å²) in [6.45, 7) is 2.06. The molecular formula is C12H12ClNO2S. The molecule has 0 amide bonds. The maximum absolute atomic E-state index is 11.5. The van der Waals surface area contributed by atoms with E-state index < -0.39 is 9.24 Å². The second-order valence-corrected chi connectivity index (χ2v) is 6.04. The van der Waals surface area contributed by atoms with Crippen molar-refractivity contribution in [1.29, 1.82) is 0 Å². The molecule has 5 heteroatoms. The van der Waals surface area contributed by atoms with E-state index in [-0.39, 0.29) is 0 Å². The Hall–Kier alpha value is -1.26. The molecule has 17 heavy (non-hydrogen) atoms. The number of hydrogen-bond donors (Lipinski definition) is 0. The summed E-state index contributed by atoms with van der Waals surface area (Å²) in [5, 5.41) is 1.87. The van der Waals surface area contributed by atoms with Gasteiger partial charge in [-0.3, -0.25) is 4.31 Å². The molecule has 0 spiro atoms. The number of fused-ring (bicyclic) bond motifs is 1. The summed E-state index contributed by atoms with van der Waals surface area (Å²) in [5.74, 6) is 0. The van der Waals surface area contributed by atoms with E-state index in [9.17, 15) is 8.42 Å². The molecule has 0 aliphatic rings. The highest BCUT2D eigenvalue weighted by Crippen LogP contribution is 2.29. The van der Waals surface area contributed by atoms with E-state index in [1.807, 2.05) is 36.4 Å². The average Bonchev–Trinajstić information content (AvgIpc) is 2.28. The lowest BCUT2D eigenvalue weighted by Gasteiger charge is -2.20. The minimum atomic E-state index is -3.75. The van der Waals surface area contributed by atoms with E-state index >= 15 is 0 Å². The number of hydrogen-bond acceptors (Lipinski definition) is 2. The molecule has 0 radical (unpaired) electrons. The third-order valence-electron chi connectivity index (χ3n) is 2.59. The van der Waals surface area contributed by atoms with Crippen molar-refractivity contribution in [2.45, 2.75) is 6.92 Å². The summed E-state index contributed by atoms with van der Waals surface area (Å²) in [6.07, 6.45) is 0. The van der Waals surface area contributed by atoms with Crippen LogP contribution in [0.2, 0.25) is 0 Å². The summed E-state index contributed by atoms with van der Waals surface area (Å²) < 4.78 is 24.2. The van der Waals surface area contributed by atoms with Crippen LogP contribution in [0.4, 0.5) is 5.69 Å². The van der Waals surface area contributed by atoms with Gasteiger partial charge >= 0.3 is 9.24 Å². The van der Waals surface area contributed by atoms with E-state index in [0.717, 1.165) is 10.8 Å². The van der Waals surface area contributed by atoms with Crippen LogP contribution >= 0.6 is 10.7 Å². The Labute approximate surface area is 105 Å². The van der Waals surface area contributed by atoms with Crippen LogP contribution in [0.3, 0.4) is 0 Å². The van der Waals surface area contributed by atoms with Crippen molar-refractivity contribution in [3.8, 4) is 0 Å². The molecular weight excluding hydrogens is 258 g/mol. The Kier molecular flexibility index (Phi) is 3.26. The quantitative estimate of drug-likeness (QED) is 0.803. The highest BCUT2D eigenvalue weighted by molar-refractivity contribution is 8.14. The van der Waals surface area contributed by atoms with Crippen LogP contribution in [0.25, 0.3) is 10.8 Å². The molecule has 0 aromatic heterocycles. The van der Waals surface area contributed by atoms with Gasteiger partial charge in [0.05, 0.1) is 5.69 Å². The van der Waals surface area contributed by atoms with Crippen molar-refractivity contribution in [2.75, 3.05) is 10.8 Å². The Morgan fingerprint density at radius 3 is 2.41 bits per heavy atom. The Morgan fingerprint density at radius 2 is 1.76 bits per heavy atom.